The molecule has 0 aliphatic heterocycles. The van der Waals surface area contributed by atoms with E-state index < -0.39 is 0 Å². The summed E-state index contributed by atoms with van der Waals surface area (Å²) in [5.41, 5.74) is 0. The SMILES string of the molecule is CCN(CC)CCSC1CCCCC1O. The lowest BCUT2D eigenvalue weighted by Gasteiger charge is -2.28. The van der Waals surface area contributed by atoms with Crippen LogP contribution in [-0.4, -0.2) is 46.7 Å². The van der Waals surface area contributed by atoms with E-state index in [1.165, 1.54) is 31.6 Å². The van der Waals surface area contributed by atoms with Crippen LogP contribution in [0.1, 0.15) is 39.5 Å². The molecule has 0 radical (unpaired) electrons. The highest BCUT2D eigenvalue weighted by Gasteiger charge is 2.22. The molecule has 3 heteroatoms. The topological polar surface area (TPSA) is 23.5 Å². The van der Waals surface area contributed by atoms with Crippen LogP contribution in [0.5, 0.6) is 0 Å². The lowest BCUT2D eigenvalue weighted by molar-refractivity contribution is 0.137. The first-order valence-corrected chi connectivity index (χ1v) is 7.34. The molecule has 1 aliphatic rings. The van der Waals surface area contributed by atoms with Gasteiger partial charge in [-0.3, -0.25) is 0 Å². The minimum Gasteiger partial charge on any atom is -0.392 e. The van der Waals surface area contributed by atoms with Gasteiger partial charge in [-0.1, -0.05) is 26.7 Å². The third-order valence-corrected chi connectivity index (χ3v) is 4.70. The predicted molar refractivity (Wildman–Crippen MR) is 68.5 cm³/mol. The molecule has 1 rings (SSSR count). The summed E-state index contributed by atoms with van der Waals surface area (Å²) in [6, 6.07) is 0. The van der Waals surface area contributed by atoms with Gasteiger partial charge < -0.3 is 10.0 Å². The van der Waals surface area contributed by atoms with Crippen LogP contribution in [0.15, 0.2) is 0 Å². The maximum Gasteiger partial charge on any atom is 0.0658 e. The molecule has 0 aromatic rings. The summed E-state index contributed by atoms with van der Waals surface area (Å²) in [5, 5.41) is 10.3. The van der Waals surface area contributed by atoms with Gasteiger partial charge in [-0.2, -0.15) is 11.8 Å². The monoisotopic (exact) mass is 231 g/mol. The van der Waals surface area contributed by atoms with Gasteiger partial charge in [0.15, 0.2) is 0 Å². The Labute approximate surface area is 98.4 Å². The van der Waals surface area contributed by atoms with Crippen LogP contribution in [0.25, 0.3) is 0 Å². The summed E-state index contributed by atoms with van der Waals surface area (Å²) < 4.78 is 0. The number of thioether (sulfide) groups is 1. The highest BCUT2D eigenvalue weighted by Crippen LogP contribution is 2.28. The maximum absolute atomic E-state index is 9.81. The van der Waals surface area contributed by atoms with E-state index in [1.54, 1.807) is 0 Å². The van der Waals surface area contributed by atoms with Gasteiger partial charge in [0.1, 0.15) is 0 Å². The quantitative estimate of drug-likeness (QED) is 0.759. The second-order valence-corrected chi connectivity index (χ2v) is 5.64. The van der Waals surface area contributed by atoms with Crippen molar-refractivity contribution in [2.45, 2.75) is 50.9 Å². The molecular formula is C12H25NOS. The van der Waals surface area contributed by atoms with E-state index in [2.05, 4.69) is 18.7 Å². The average molecular weight is 231 g/mol. The number of rotatable bonds is 6. The molecule has 1 fully saturated rings. The first-order chi connectivity index (χ1) is 7.27. The summed E-state index contributed by atoms with van der Waals surface area (Å²) in [6.45, 7) is 7.88. The van der Waals surface area contributed by atoms with Gasteiger partial charge >= 0.3 is 0 Å². The Bertz CT molecular complexity index is 162. The van der Waals surface area contributed by atoms with Crippen LogP contribution in [-0.2, 0) is 0 Å². The molecule has 0 aromatic heterocycles. The highest BCUT2D eigenvalue weighted by molar-refractivity contribution is 7.99. The Kier molecular flexibility index (Phi) is 6.69. The standard InChI is InChI=1S/C12H25NOS/c1-3-13(4-2)9-10-15-12-8-6-5-7-11(12)14/h11-12,14H,3-10H2,1-2H3. The third-order valence-electron chi connectivity index (χ3n) is 3.30. The smallest absolute Gasteiger partial charge is 0.0658 e. The van der Waals surface area contributed by atoms with Crippen molar-refractivity contribution in [1.29, 1.82) is 0 Å². The van der Waals surface area contributed by atoms with Crippen molar-refractivity contribution in [1.82, 2.24) is 4.90 Å². The zero-order valence-electron chi connectivity index (χ0n) is 10.1. The van der Waals surface area contributed by atoms with Gasteiger partial charge in [0, 0.05) is 17.5 Å². The Morgan fingerprint density at radius 3 is 2.47 bits per heavy atom. The van der Waals surface area contributed by atoms with E-state index in [-0.39, 0.29) is 6.10 Å². The van der Waals surface area contributed by atoms with Gasteiger partial charge in [0.05, 0.1) is 6.10 Å². The molecule has 0 spiro atoms. The molecule has 1 aliphatic carbocycles. The first kappa shape index (κ1) is 13.3. The lowest BCUT2D eigenvalue weighted by Crippen LogP contribution is -2.30. The summed E-state index contributed by atoms with van der Waals surface area (Å²) in [5.74, 6) is 1.17. The number of hydrogen-bond donors (Lipinski definition) is 1. The van der Waals surface area contributed by atoms with Crippen LogP contribution < -0.4 is 0 Å². The van der Waals surface area contributed by atoms with Gasteiger partial charge in [-0.05, 0) is 25.9 Å². The fraction of sp³-hybridized carbons (Fsp3) is 1.00. The molecule has 15 heavy (non-hydrogen) atoms. The van der Waals surface area contributed by atoms with Gasteiger partial charge in [-0.25, -0.2) is 0 Å². The van der Waals surface area contributed by atoms with Crippen LogP contribution in [0.3, 0.4) is 0 Å². The molecule has 0 bridgehead atoms. The molecule has 0 heterocycles. The van der Waals surface area contributed by atoms with Crippen molar-refractivity contribution in [3.8, 4) is 0 Å². The summed E-state index contributed by atoms with van der Waals surface area (Å²) in [4.78, 5) is 2.45. The Morgan fingerprint density at radius 2 is 1.87 bits per heavy atom. The van der Waals surface area contributed by atoms with Gasteiger partial charge in [0.2, 0.25) is 0 Å². The molecule has 0 amide bonds. The zero-order valence-corrected chi connectivity index (χ0v) is 10.9. The molecule has 0 aromatic carbocycles. The largest absolute Gasteiger partial charge is 0.392 e. The Balaban J connectivity index is 2.12. The molecule has 1 saturated carbocycles. The normalized spacial score (nSPS) is 27.2. The van der Waals surface area contributed by atoms with Crippen LogP contribution in [0.2, 0.25) is 0 Å². The average Bonchev–Trinajstić information content (AvgIpc) is 2.27. The fourth-order valence-electron chi connectivity index (χ4n) is 2.14. The van der Waals surface area contributed by atoms with E-state index in [0.29, 0.717) is 5.25 Å². The van der Waals surface area contributed by atoms with Crippen molar-refractivity contribution in [3.63, 3.8) is 0 Å². The number of aliphatic hydroxyl groups is 1. The molecule has 2 nitrogen and oxygen atoms in total. The molecule has 90 valence electrons. The van der Waals surface area contributed by atoms with Crippen molar-refractivity contribution in [2.75, 3.05) is 25.4 Å². The minimum absolute atomic E-state index is 0.0412. The number of aliphatic hydroxyl groups excluding tert-OH is 1. The highest BCUT2D eigenvalue weighted by atomic mass is 32.2. The third kappa shape index (κ3) is 4.75. The molecule has 0 saturated heterocycles. The molecule has 1 N–H and O–H groups in total. The second kappa shape index (κ2) is 7.53. The van der Waals surface area contributed by atoms with Crippen LogP contribution in [0, 0.1) is 0 Å². The first-order valence-electron chi connectivity index (χ1n) is 6.30. The predicted octanol–water partition coefficient (Wildman–Crippen LogP) is 2.36. The van der Waals surface area contributed by atoms with Crippen molar-refractivity contribution in [2.24, 2.45) is 0 Å². The van der Waals surface area contributed by atoms with Crippen LogP contribution >= 0.6 is 11.8 Å². The van der Waals surface area contributed by atoms with E-state index in [9.17, 15) is 5.11 Å². The number of nitrogens with zero attached hydrogens (tertiary/aromatic N) is 1. The van der Waals surface area contributed by atoms with E-state index in [0.717, 1.165) is 19.5 Å². The Morgan fingerprint density at radius 1 is 1.20 bits per heavy atom. The molecule has 2 unspecified atom stereocenters. The summed E-state index contributed by atoms with van der Waals surface area (Å²) in [6.07, 6.45) is 4.71. The minimum atomic E-state index is -0.0412. The van der Waals surface area contributed by atoms with Gasteiger partial charge in [-0.15, -0.1) is 0 Å². The van der Waals surface area contributed by atoms with Gasteiger partial charge in [0.25, 0.3) is 0 Å². The van der Waals surface area contributed by atoms with Crippen molar-refractivity contribution < 1.29 is 5.11 Å². The van der Waals surface area contributed by atoms with E-state index in [4.69, 9.17) is 0 Å². The van der Waals surface area contributed by atoms with E-state index in [1.807, 2.05) is 11.8 Å². The van der Waals surface area contributed by atoms with Crippen LogP contribution in [0.4, 0.5) is 0 Å². The maximum atomic E-state index is 9.81. The van der Waals surface area contributed by atoms with E-state index >= 15 is 0 Å². The zero-order chi connectivity index (χ0) is 11.1. The lowest BCUT2D eigenvalue weighted by atomic mass is 9.97. The molecule has 2 atom stereocenters. The second-order valence-electron chi connectivity index (χ2n) is 4.29. The number of hydrogen-bond acceptors (Lipinski definition) is 3. The Hall–Kier alpha value is 0.270. The fourth-order valence-corrected chi connectivity index (χ4v) is 3.50. The summed E-state index contributed by atoms with van der Waals surface area (Å²) >= 11 is 1.97. The van der Waals surface area contributed by atoms with Crippen molar-refractivity contribution >= 4 is 11.8 Å². The summed E-state index contributed by atoms with van der Waals surface area (Å²) in [7, 11) is 0. The molecular weight excluding hydrogens is 206 g/mol. The van der Waals surface area contributed by atoms with Crippen molar-refractivity contribution in [3.05, 3.63) is 0 Å².